The highest BCUT2D eigenvalue weighted by Crippen LogP contribution is 2.08. The zero-order valence-corrected chi connectivity index (χ0v) is 10.7. The second kappa shape index (κ2) is 8.80. The van der Waals surface area contributed by atoms with Crippen LogP contribution in [0.3, 0.4) is 0 Å². The van der Waals surface area contributed by atoms with Gasteiger partial charge in [0.15, 0.2) is 0 Å². The largest absolute Gasteiger partial charge is 0.0988 e. The molecule has 0 aliphatic rings. The molecule has 0 saturated carbocycles. The SMILES string of the molecule is C=C/C(C)=C\C=C/CC.CC(C)(C)C. The van der Waals surface area contributed by atoms with Crippen molar-refractivity contribution >= 4 is 0 Å². The molecule has 0 heterocycles. The van der Waals surface area contributed by atoms with Gasteiger partial charge in [-0.15, -0.1) is 0 Å². The van der Waals surface area contributed by atoms with Gasteiger partial charge >= 0.3 is 0 Å². The van der Waals surface area contributed by atoms with E-state index >= 15 is 0 Å². The lowest BCUT2D eigenvalue weighted by Crippen LogP contribution is -1.93. The third kappa shape index (κ3) is 30.3. The zero-order chi connectivity index (χ0) is 11.6. The minimum Gasteiger partial charge on any atom is -0.0988 e. The first-order chi connectivity index (χ1) is 6.31. The Balaban J connectivity index is 0. The molecule has 0 aromatic rings. The third-order valence-corrected chi connectivity index (χ3v) is 1.05. The van der Waals surface area contributed by atoms with Crippen LogP contribution in [0.5, 0.6) is 0 Å². The molecule has 0 radical (unpaired) electrons. The molecule has 14 heavy (non-hydrogen) atoms. The number of hydrogen-bond donors (Lipinski definition) is 0. The molecule has 0 bridgehead atoms. The second-order valence-electron chi connectivity index (χ2n) is 4.95. The smallest absolute Gasteiger partial charge is 0.0376 e. The van der Waals surface area contributed by atoms with Crippen molar-refractivity contribution in [2.24, 2.45) is 5.41 Å². The Bertz CT molecular complexity index is 181. The summed E-state index contributed by atoms with van der Waals surface area (Å²) < 4.78 is 0. The molecular formula is C14H26. The van der Waals surface area contributed by atoms with Crippen LogP contribution < -0.4 is 0 Å². The summed E-state index contributed by atoms with van der Waals surface area (Å²) in [6, 6.07) is 0. The Morgan fingerprint density at radius 3 is 1.93 bits per heavy atom. The summed E-state index contributed by atoms with van der Waals surface area (Å²) in [5.74, 6) is 0. The molecule has 0 unspecified atom stereocenters. The molecule has 0 atom stereocenters. The molecule has 0 saturated heterocycles. The first-order valence-electron chi connectivity index (χ1n) is 5.27. The molecule has 0 rings (SSSR count). The van der Waals surface area contributed by atoms with Crippen molar-refractivity contribution in [1.29, 1.82) is 0 Å². The van der Waals surface area contributed by atoms with Gasteiger partial charge in [-0.1, -0.05) is 71.1 Å². The van der Waals surface area contributed by atoms with Crippen LogP contribution in [0.2, 0.25) is 0 Å². The summed E-state index contributed by atoms with van der Waals surface area (Å²) in [6.07, 6.45) is 9.17. The van der Waals surface area contributed by atoms with Gasteiger partial charge in [-0.05, 0) is 18.8 Å². The maximum Gasteiger partial charge on any atom is -0.0376 e. The minimum atomic E-state index is 0.500. The molecule has 0 aliphatic heterocycles. The highest BCUT2D eigenvalue weighted by atomic mass is 14.0. The number of allylic oxidation sites excluding steroid dienone is 5. The molecule has 0 amide bonds. The van der Waals surface area contributed by atoms with Gasteiger partial charge in [-0.3, -0.25) is 0 Å². The average molecular weight is 194 g/mol. The highest BCUT2D eigenvalue weighted by Gasteiger charge is 1.95. The van der Waals surface area contributed by atoms with Crippen molar-refractivity contribution in [1.82, 2.24) is 0 Å². The maximum absolute atomic E-state index is 3.64. The third-order valence-electron chi connectivity index (χ3n) is 1.05. The summed E-state index contributed by atoms with van der Waals surface area (Å²) in [6.45, 7) is 16.5. The quantitative estimate of drug-likeness (QED) is 0.546. The van der Waals surface area contributed by atoms with Gasteiger partial charge in [0.05, 0.1) is 0 Å². The number of rotatable bonds is 3. The Labute approximate surface area is 90.4 Å². The van der Waals surface area contributed by atoms with E-state index in [9.17, 15) is 0 Å². The topological polar surface area (TPSA) is 0 Å². The van der Waals surface area contributed by atoms with Crippen LogP contribution in [0, 0.1) is 5.41 Å². The predicted molar refractivity (Wildman–Crippen MR) is 68.5 cm³/mol. The van der Waals surface area contributed by atoms with E-state index in [4.69, 9.17) is 0 Å². The monoisotopic (exact) mass is 194 g/mol. The maximum atomic E-state index is 3.64. The standard InChI is InChI=1S/C9H14.C5H12/c1-4-6-7-8-9(3)5-2;1-5(2,3)4/h5-8H,2,4H2,1,3H3;1-4H3/b7-6-,9-8-;. The van der Waals surface area contributed by atoms with Gasteiger partial charge in [0.2, 0.25) is 0 Å². The molecule has 0 heteroatoms. The van der Waals surface area contributed by atoms with Crippen molar-refractivity contribution in [3.8, 4) is 0 Å². The van der Waals surface area contributed by atoms with Crippen LogP contribution in [0.1, 0.15) is 48.0 Å². The highest BCUT2D eigenvalue weighted by molar-refractivity contribution is 5.19. The van der Waals surface area contributed by atoms with E-state index in [2.05, 4.69) is 59.4 Å². The summed E-state index contributed by atoms with van der Waals surface area (Å²) in [5.41, 5.74) is 1.71. The lowest BCUT2D eigenvalue weighted by molar-refractivity contribution is 0.469. The van der Waals surface area contributed by atoms with E-state index in [0.29, 0.717) is 5.41 Å². The van der Waals surface area contributed by atoms with Crippen molar-refractivity contribution in [2.75, 3.05) is 0 Å². The van der Waals surface area contributed by atoms with E-state index in [1.807, 2.05) is 13.0 Å². The summed E-state index contributed by atoms with van der Waals surface area (Å²) in [4.78, 5) is 0. The molecule has 0 N–H and O–H groups in total. The normalized spacial score (nSPS) is 12.3. The Hall–Kier alpha value is -0.780. The Morgan fingerprint density at radius 1 is 1.21 bits per heavy atom. The Morgan fingerprint density at radius 2 is 1.64 bits per heavy atom. The Kier molecular flexibility index (Phi) is 9.86. The van der Waals surface area contributed by atoms with Gasteiger partial charge < -0.3 is 0 Å². The fraction of sp³-hybridized carbons (Fsp3) is 0.571. The van der Waals surface area contributed by atoms with Crippen molar-refractivity contribution in [3.63, 3.8) is 0 Å². The van der Waals surface area contributed by atoms with Crippen molar-refractivity contribution in [2.45, 2.75) is 48.0 Å². The van der Waals surface area contributed by atoms with Gasteiger partial charge in [0.1, 0.15) is 0 Å². The van der Waals surface area contributed by atoms with E-state index in [1.54, 1.807) is 0 Å². The van der Waals surface area contributed by atoms with Crippen LogP contribution in [-0.4, -0.2) is 0 Å². The van der Waals surface area contributed by atoms with E-state index in [-0.39, 0.29) is 0 Å². The van der Waals surface area contributed by atoms with E-state index < -0.39 is 0 Å². The lowest BCUT2D eigenvalue weighted by Gasteiger charge is -2.05. The average Bonchev–Trinajstić information content (AvgIpc) is 2.01. The van der Waals surface area contributed by atoms with E-state index in [1.165, 1.54) is 5.57 Å². The number of hydrogen-bond acceptors (Lipinski definition) is 0. The van der Waals surface area contributed by atoms with Crippen LogP contribution in [0.15, 0.2) is 36.5 Å². The van der Waals surface area contributed by atoms with Crippen molar-refractivity contribution < 1.29 is 0 Å². The van der Waals surface area contributed by atoms with Gasteiger partial charge in [0, 0.05) is 0 Å². The molecule has 0 aromatic heterocycles. The van der Waals surface area contributed by atoms with Crippen molar-refractivity contribution in [3.05, 3.63) is 36.5 Å². The van der Waals surface area contributed by atoms with E-state index in [0.717, 1.165) is 6.42 Å². The molecular weight excluding hydrogens is 168 g/mol. The molecule has 0 spiro atoms. The first-order valence-corrected chi connectivity index (χ1v) is 5.27. The molecule has 0 fully saturated rings. The zero-order valence-electron chi connectivity index (χ0n) is 10.7. The van der Waals surface area contributed by atoms with Gasteiger partial charge in [-0.25, -0.2) is 0 Å². The first kappa shape index (κ1) is 15.7. The van der Waals surface area contributed by atoms with Crippen LogP contribution in [0.4, 0.5) is 0 Å². The summed E-state index contributed by atoms with van der Waals surface area (Å²) in [5, 5.41) is 0. The van der Waals surface area contributed by atoms with Crippen LogP contribution in [0.25, 0.3) is 0 Å². The summed E-state index contributed by atoms with van der Waals surface area (Å²) >= 11 is 0. The van der Waals surface area contributed by atoms with Gasteiger partial charge in [0.25, 0.3) is 0 Å². The molecule has 82 valence electrons. The van der Waals surface area contributed by atoms with Gasteiger partial charge in [-0.2, -0.15) is 0 Å². The second-order valence-corrected chi connectivity index (χ2v) is 4.95. The molecule has 0 aromatic carbocycles. The van der Waals surface area contributed by atoms with Crippen LogP contribution >= 0.6 is 0 Å². The fourth-order valence-corrected chi connectivity index (χ4v) is 0.424. The predicted octanol–water partition coefficient (Wildman–Crippen LogP) is 5.14. The minimum absolute atomic E-state index is 0.500. The molecule has 0 nitrogen and oxygen atoms in total. The fourth-order valence-electron chi connectivity index (χ4n) is 0.424. The molecule has 0 aliphatic carbocycles. The van der Waals surface area contributed by atoms with Crippen LogP contribution in [-0.2, 0) is 0 Å². The lowest BCUT2D eigenvalue weighted by atomic mass is 10.0. The summed E-state index contributed by atoms with van der Waals surface area (Å²) in [7, 11) is 0.